The molecule has 6 heteroatoms. The molecule has 1 aliphatic rings. The number of nitrogens with zero attached hydrogens (tertiary/aromatic N) is 1. The first kappa shape index (κ1) is 14.7. The van der Waals surface area contributed by atoms with Crippen molar-refractivity contribution in [3.63, 3.8) is 0 Å². The minimum Gasteiger partial charge on any atom is -0.396 e. The predicted molar refractivity (Wildman–Crippen MR) is 82.7 cm³/mol. The van der Waals surface area contributed by atoms with Gasteiger partial charge in [0.05, 0.1) is 5.39 Å². The Bertz CT molecular complexity index is 733. The molecule has 6 nitrogen and oxygen atoms in total. The molecule has 0 bridgehead atoms. The van der Waals surface area contributed by atoms with Gasteiger partial charge in [-0.3, -0.25) is 9.59 Å². The van der Waals surface area contributed by atoms with E-state index in [0.717, 1.165) is 25.7 Å². The van der Waals surface area contributed by atoms with Crippen LogP contribution in [0.1, 0.15) is 36.2 Å². The number of fused-ring (bicyclic) bond motifs is 1. The second-order valence-corrected chi connectivity index (χ2v) is 5.82. The van der Waals surface area contributed by atoms with Crippen LogP contribution in [0.15, 0.2) is 29.1 Å². The van der Waals surface area contributed by atoms with E-state index in [1.165, 1.54) is 0 Å². The molecular formula is C16H19N3O3. The Morgan fingerprint density at radius 2 is 1.91 bits per heavy atom. The lowest BCUT2D eigenvalue weighted by Crippen LogP contribution is -2.38. The second-order valence-electron chi connectivity index (χ2n) is 5.82. The van der Waals surface area contributed by atoms with Gasteiger partial charge in [-0.2, -0.15) is 5.10 Å². The standard InChI is InChI=1S/C16H19N3O3/c20-9-10-5-7-11(8-6-10)17-16(22)14-12-3-1-2-4-13(12)15(21)19-18-14/h1-4,10-11,20H,5-9H2,(H,17,22)(H,19,21). The molecule has 0 spiro atoms. The van der Waals surface area contributed by atoms with Crippen molar-refractivity contribution in [2.45, 2.75) is 31.7 Å². The van der Waals surface area contributed by atoms with Crippen LogP contribution in [0.25, 0.3) is 10.8 Å². The largest absolute Gasteiger partial charge is 0.396 e. The number of aromatic amines is 1. The number of aromatic nitrogens is 2. The number of hydrogen-bond donors (Lipinski definition) is 3. The van der Waals surface area contributed by atoms with Crippen LogP contribution in [-0.4, -0.2) is 33.9 Å². The molecule has 1 aromatic heterocycles. The van der Waals surface area contributed by atoms with E-state index in [4.69, 9.17) is 5.11 Å². The lowest BCUT2D eigenvalue weighted by atomic mass is 9.86. The average molecular weight is 301 g/mol. The molecule has 0 unspecified atom stereocenters. The third-order valence-electron chi connectivity index (χ3n) is 4.35. The van der Waals surface area contributed by atoms with Crippen molar-refractivity contribution in [2.75, 3.05) is 6.61 Å². The number of aliphatic hydroxyl groups excluding tert-OH is 1. The van der Waals surface area contributed by atoms with Crippen LogP contribution in [0.2, 0.25) is 0 Å². The van der Waals surface area contributed by atoms with E-state index in [9.17, 15) is 9.59 Å². The first-order valence-corrected chi connectivity index (χ1v) is 7.58. The van der Waals surface area contributed by atoms with E-state index in [-0.39, 0.29) is 29.8 Å². The summed E-state index contributed by atoms with van der Waals surface area (Å²) in [5, 5.41) is 19.5. The fraction of sp³-hybridized carbons (Fsp3) is 0.438. The number of H-pyrrole nitrogens is 1. The SMILES string of the molecule is O=C(NC1CCC(CO)CC1)c1n[nH]c(=O)c2ccccc12. The van der Waals surface area contributed by atoms with Gasteiger partial charge in [0.15, 0.2) is 5.69 Å². The maximum absolute atomic E-state index is 12.4. The molecule has 2 aromatic rings. The van der Waals surface area contributed by atoms with Crippen molar-refractivity contribution in [3.8, 4) is 0 Å². The Balaban J connectivity index is 1.79. The number of carbonyl (C=O) groups is 1. The fourth-order valence-corrected chi connectivity index (χ4v) is 3.03. The van der Waals surface area contributed by atoms with Crippen LogP contribution in [-0.2, 0) is 0 Å². The number of rotatable bonds is 3. The Kier molecular flexibility index (Phi) is 4.20. The van der Waals surface area contributed by atoms with Gasteiger partial charge in [-0.1, -0.05) is 18.2 Å². The zero-order valence-electron chi connectivity index (χ0n) is 12.2. The Morgan fingerprint density at radius 1 is 1.23 bits per heavy atom. The predicted octanol–water partition coefficient (Wildman–Crippen LogP) is 1.20. The van der Waals surface area contributed by atoms with E-state index < -0.39 is 0 Å². The number of nitrogens with one attached hydrogen (secondary N) is 2. The minimum absolute atomic E-state index is 0.0998. The molecule has 0 saturated heterocycles. The molecule has 3 N–H and O–H groups in total. The van der Waals surface area contributed by atoms with E-state index in [1.807, 2.05) is 0 Å². The fourth-order valence-electron chi connectivity index (χ4n) is 3.03. The van der Waals surface area contributed by atoms with Crippen LogP contribution < -0.4 is 10.9 Å². The average Bonchev–Trinajstić information content (AvgIpc) is 2.56. The van der Waals surface area contributed by atoms with E-state index >= 15 is 0 Å². The van der Waals surface area contributed by atoms with Gasteiger partial charge in [-0.15, -0.1) is 0 Å². The molecule has 1 aliphatic carbocycles. The summed E-state index contributed by atoms with van der Waals surface area (Å²) < 4.78 is 0. The van der Waals surface area contributed by atoms with Crippen molar-refractivity contribution < 1.29 is 9.90 Å². The smallest absolute Gasteiger partial charge is 0.272 e. The van der Waals surface area contributed by atoms with Gasteiger partial charge in [0.25, 0.3) is 11.5 Å². The van der Waals surface area contributed by atoms with Crippen LogP contribution in [0, 0.1) is 5.92 Å². The molecule has 1 fully saturated rings. The summed E-state index contributed by atoms with van der Waals surface area (Å²) >= 11 is 0. The lowest BCUT2D eigenvalue weighted by Gasteiger charge is -2.27. The van der Waals surface area contributed by atoms with Crippen LogP contribution in [0.5, 0.6) is 0 Å². The molecule has 1 aromatic carbocycles. The summed E-state index contributed by atoms with van der Waals surface area (Å²) in [6.07, 6.45) is 3.55. The van der Waals surface area contributed by atoms with Gasteiger partial charge in [0.1, 0.15) is 0 Å². The number of carbonyl (C=O) groups excluding carboxylic acids is 1. The summed E-state index contributed by atoms with van der Waals surface area (Å²) in [4.78, 5) is 24.2. The molecule has 22 heavy (non-hydrogen) atoms. The van der Waals surface area contributed by atoms with E-state index in [2.05, 4.69) is 15.5 Å². The molecular weight excluding hydrogens is 282 g/mol. The number of hydrogen-bond acceptors (Lipinski definition) is 4. The molecule has 1 saturated carbocycles. The molecule has 0 radical (unpaired) electrons. The lowest BCUT2D eigenvalue weighted by molar-refractivity contribution is 0.0909. The van der Waals surface area contributed by atoms with Gasteiger partial charge in [-0.25, -0.2) is 5.10 Å². The topological polar surface area (TPSA) is 95.1 Å². The van der Waals surface area contributed by atoms with Gasteiger partial charge >= 0.3 is 0 Å². The van der Waals surface area contributed by atoms with E-state index in [0.29, 0.717) is 16.7 Å². The number of amides is 1. The molecule has 0 atom stereocenters. The third-order valence-corrected chi connectivity index (χ3v) is 4.35. The summed E-state index contributed by atoms with van der Waals surface area (Å²) in [6, 6.07) is 7.05. The maximum atomic E-state index is 12.4. The van der Waals surface area contributed by atoms with Gasteiger partial charge in [0.2, 0.25) is 0 Å². The second kappa shape index (κ2) is 6.27. The van der Waals surface area contributed by atoms with Crippen molar-refractivity contribution in [1.29, 1.82) is 0 Å². The molecule has 3 rings (SSSR count). The van der Waals surface area contributed by atoms with E-state index in [1.54, 1.807) is 24.3 Å². The minimum atomic E-state index is -0.296. The maximum Gasteiger partial charge on any atom is 0.272 e. The quantitative estimate of drug-likeness (QED) is 0.794. The highest BCUT2D eigenvalue weighted by molar-refractivity contribution is 6.04. The Hall–Kier alpha value is -2.21. The van der Waals surface area contributed by atoms with Gasteiger partial charge < -0.3 is 10.4 Å². The zero-order valence-corrected chi connectivity index (χ0v) is 12.2. The molecule has 0 aliphatic heterocycles. The van der Waals surface area contributed by atoms with Crippen molar-refractivity contribution in [2.24, 2.45) is 5.92 Å². The van der Waals surface area contributed by atoms with Crippen molar-refractivity contribution >= 4 is 16.7 Å². The summed E-state index contributed by atoms with van der Waals surface area (Å²) in [5.74, 6) is 0.0834. The summed E-state index contributed by atoms with van der Waals surface area (Å²) in [6.45, 7) is 0.215. The highest BCUT2D eigenvalue weighted by Crippen LogP contribution is 2.24. The Morgan fingerprint density at radius 3 is 2.59 bits per heavy atom. The van der Waals surface area contributed by atoms with Crippen LogP contribution >= 0.6 is 0 Å². The Labute approximate surface area is 127 Å². The highest BCUT2D eigenvalue weighted by atomic mass is 16.3. The number of aliphatic hydroxyl groups is 1. The first-order valence-electron chi connectivity index (χ1n) is 7.58. The molecule has 116 valence electrons. The summed E-state index contributed by atoms with van der Waals surface area (Å²) in [7, 11) is 0. The first-order chi connectivity index (χ1) is 10.7. The van der Waals surface area contributed by atoms with Gasteiger partial charge in [-0.05, 0) is 37.7 Å². The summed E-state index contributed by atoms with van der Waals surface area (Å²) in [5.41, 5.74) is -0.0462. The highest BCUT2D eigenvalue weighted by Gasteiger charge is 2.23. The van der Waals surface area contributed by atoms with Crippen molar-refractivity contribution in [3.05, 3.63) is 40.3 Å². The van der Waals surface area contributed by atoms with Crippen LogP contribution in [0.4, 0.5) is 0 Å². The van der Waals surface area contributed by atoms with Crippen molar-refractivity contribution in [1.82, 2.24) is 15.5 Å². The molecule has 1 amide bonds. The third kappa shape index (κ3) is 2.87. The van der Waals surface area contributed by atoms with Gasteiger partial charge in [0, 0.05) is 18.0 Å². The normalized spacial score (nSPS) is 21.7. The monoisotopic (exact) mass is 301 g/mol. The number of benzene rings is 1. The molecule has 1 heterocycles. The zero-order chi connectivity index (χ0) is 15.5. The van der Waals surface area contributed by atoms with Crippen LogP contribution in [0.3, 0.4) is 0 Å².